The van der Waals surface area contributed by atoms with E-state index in [0.717, 1.165) is 10.6 Å². The van der Waals surface area contributed by atoms with Crippen LogP contribution in [-0.2, 0) is 11.3 Å². The van der Waals surface area contributed by atoms with Gasteiger partial charge in [-0.05, 0) is 30.7 Å². The molecule has 1 N–H and O–H groups in total. The first-order chi connectivity index (χ1) is 10.6. The van der Waals surface area contributed by atoms with Gasteiger partial charge in [0.1, 0.15) is 0 Å². The van der Waals surface area contributed by atoms with Crippen LogP contribution in [0.5, 0.6) is 0 Å². The summed E-state index contributed by atoms with van der Waals surface area (Å²) in [4.78, 5) is 26.6. The van der Waals surface area contributed by atoms with E-state index in [1.54, 1.807) is 29.2 Å². The molecule has 0 saturated carbocycles. The normalized spacial score (nSPS) is 17.2. The summed E-state index contributed by atoms with van der Waals surface area (Å²) in [5, 5.41) is 9.13. The zero-order valence-electron chi connectivity index (χ0n) is 12.0. The fourth-order valence-corrected chi connectivity index (χ4v) is 3.62. The zero-order chi connectivity index (χ0) is 15.7. The van der Waals surface area contributed by atoms with Crippen LogP contribution in [0.15, 0.2) is 53.4 Å². The molecule has 3 rings (SSSR count). The number of anilines is 1. The Balaban J connectivity index is 2.02. The first-order valence-electron chi connectivity index (χ1n) is 6.96. The number of benzene rings is 2. The first kappa shape index (κ1) is 14.7. The number of carbonyl (C=O) groups excluding carboxylic acids is 1. The number of fused-ring (bicyclic) bond motifs is 1. The molecule has 1 atom stereocenters. The van der Waals surface area contributed by atoms with Crippen LogP contribution >= 0.6 is 11.8 Å². The molecule has 0 aromatic heterocycles. The van der Waals surface area contributed by atoms with E-state index in [2.05, 4.69) is 0 Å². The van der Waals surface area contributed by atoms with E-state index < -0.39 is 5.97 Å². The molecular weight excluding hydrogens is 298 g/mol. The Morgan fingerprint density at radius 1 is 1.18 bits per heavy atom. The average molecular weight is 313 g/mol. The summed E-state index contributed by atoms with van der Waals surface area (Å²) in [5.41, 5.74) is 1.71. The van der Waals surface area contributed by atoms with Crippen molar-refractivity contribution in [2.24, 2.45) is 0 Å². The van der Waals surface area contributed by atoms with E-state index in [9.17, 15) is 14.7 Å². The van der Waals surface area contributed by atoms with Gasteiger partial charge in [0.15, 0.2) is 0 Å². The molecule has 1 heterocycles. The number of thioether (sulfide) groups is 1. The Labute approximate surface area is 132 Å². The zero-order valence-corrected chi connectivity index (χ0v) is 12.8. The third-order valence-electron chi connectivity index (χ3n) is 3.65. The molecule has 0 spiro atoms. The fraction of sp³-hybridized carbons (Fsp3) is 0.176. The van der Waals surface area contributed by atoms with Crippen molar-refractivity contribution in [1.82, 2.24) is 0 Å². The average Bonchev–Trinajstić information content (AvgIpc) is 2.52. The third-order valence-corrected chi connectivity index (χ3v) is 4.80. The van der Waals surface area contributed by atoms with Gasteiger partial charge in [-0.1, -0.05) is 30.3 Å². The molecule has 1 amide bonds. The van der Waals surface area contributed by atoms with Gasteiger partial charge in [0.25, 0.3) is 0 Å². The van der Waals surface area contributed by atoms with E-state index in [1.165, 1.54) is 11.8 Å². The van der Waals surface area contributed by atoms with E-state index in [0.29, 0.717) is 5.56 Å². The van der Waals surface area contributed by atoms with Crippen LogP contribution in [0.25, 0.3) is 0 Å². The van der Waals surface area contributed by atoms with E-state index >= 15 is 0 Å². The van der Waals surface area contributed by atoms with Crippen LogP contribution in [-0.4, -0.2) is 22.2 Å². The maximum absolute atomic E-state index is 12.5. The lowest BCUT2D eigenvalue weighted by Crippen LogP contribution is -2.39. The van der Waals surface area contributed by atoms with Crippen molar-refractivity contribution in [2.45, 2.75) is 23.6 Å². The molecule has 0 aliphatic carbocycles. The highest BCUT2D eigenvalue weighted by atomic mass is 32.2. The monoisotopic (exact) mass is 313 g/mol. The maximum atomic E-state index is 12.5. The highest BCUT2D eigenvalue weighted by Crippen LogP contribution is 2.39. The summed E-state index contributed by atoms with van der Waals surface area (Å²) in [6, 6.07) is 14.5. The number of para-hydroxylation sites is 1. The molecule has 112 valence electrons. The molecule has 5 heteroatoms. The lowest BCUT2D eigenvalue weighted by molar-refractivity contribution is -0.118. The fourth-order valence-electron chi connectivity index (χ4n) is 2.56. The molecule has 22 heavy (non-hydrogen) atoms. The number of amides is 1. The lowest BCUT2D eigenvalue weighted by atomic mass is 10.1. The number of carbonyl (C=O) groups is 2. The van der Waals surface area contributed by atoms with E-state index in [4.69, 9.17) is 0 Å². The summed E-state index contributed by atoms with van der Waals surface area (Å²) in [5.74, 6) is -0.973. The van der Waals surface area contributed by atoms with Crippen LogP contribution in [0.1, 0.15) is 22.8 Å². The van der Waals surface area contributed by atoms with Crippen LogP contribution in [0.4, 0.5) is 5.69 Å². The maximum Gasteiger partial charge on any atom is 0.336 e. The predicted molar refractivity (Wildman–Crippen MR) is 86.4 cm³/mol. The van der Waals surface area contributed by atoms with Gasteiger partial charge >= 0.3 is 5.97 Å². The summed E-state index contributed by atoms with van der Waals surface area (Å²) in [7, 11) is 0. The number of aromatic carboxylic acids is 1. The smallest absolute Gasteiger partial charge is 0.336 e. The highest BCUT2D eigenvalue weighted by Gasteiger charge is 2.31. The van der Waals surface area contributed by atoms with Gasteiger partial charge in [-0.3, -0.25) is 4.79 Å². The summed E-state index contributed by atoms with van der Waals surface area (Å²) >= 11 is 1.54. The summed E-state index contributed by atoms with van der Waals surface area (Å²) in [6.07, 6.45) is 0. The van der Waals surface area contributed by atoms with Gasteiger partial charge in [0.05, 0.1) is 23.0 Å². The molecule has 4 nitrogen and oxygen atoms in total. The topological polar surface area (TPSA) is 57.6 Å². The molecule has 0 saturated heterocycles. The van der Waals surface area contributed by atoms with Crippen LogP contribution in [0.2, 0.25) is 0 Å². The number of nitrogens with zero attached hydrogens (tertiary/aromatic N) is 1. The van der Waals surface area contributed by atoms with E-state index in [1.807, 2.05) is 31.2 Å². The molecular formula is C17H15NO3S. The molecule has 2 aromatic rings. The van der Waals surface area contributed by atoms with Gasteiger partial charge in [0.2, 0.25) is 5.91 Å². The summed E-state index contributed by atoms with van der Waals surface area (Å²) in [6.45, 7) is 2.14. The van der Waals surface area contributed by atoms with Crippen LogP contribution in [0, 0.1) is 0 Å². The molecule has 0 bridgehead atoms. The minimum atomic E-state index is -0.976. The number of carboxylic acids is 1. The van der Waals surface area contributed by atoms with Crippen LogP contribution < -0.4 is 4.90 Å². The molecule has 1 aliphatic heterocycles. The Morgan fingerprint density at radius 2 is 1.86 bits per heavy atom. The Kier molecular flexibility index (Phi) is 3.90. The Morgan fingerprint density at radius 3 is 2.64 bits per heavy atom. The predicted octanol–water partition coefficient (Wildman–Crippen LogP) is 3.41. The minimum Gasteiger partial charge on any atom is -0.478 e. The Bertz CT molecular complexity index is 744. The van der Waals surface area contributed by atoms with E-state index in [-0.39, 0.29) is 23.3 Å². The van der Waals surface area contributed by atoms with Crippen molar-refractivity contribution in [2.75, 3.05) is 4.90 Å². The standard InChI is InChI=1S/C17H15NO3S/c1-11-16(19)18(14-8-4-5-9-15(14)22-11)10-12-6-2-3-7-13(12)17(20)21/h2-9,11H,10H2,1H3,(H,20,21). The summed E-state index contributed by atoms with van der Waals surface area (Å²) < 4.78 is 0. The number of hydrogen-bond donors (Lipinski definition) is 1. The molecule has 1 aliphatic rings. The second kappa shape index (κ2) is 5.85. The van der Waals surface area contributed by atoms with Crippen molar-refractivity contribution in [3.8, 4) is 0 Å². The van der Waals surface area contributed by atoms with Gasteiger partial charge < -0.3 is 10.0 Å². The largest absolute Gasteiger partial charge is 0.478 e. The van der Waals surface area contributed by atoms with Crippen molar-refractivity contribution < 1.29 is 14.7 Å². The third kappa shape index (κ3) is 2.60. The van der Waals surface area contributed by atoms with Gasteiger partial charge in [-0.2, -0.15) is 0 Å². The van der Waals surface area contributed by atoms with Gasteiger partial charge in [-0.15, -0.1) is 11.8 Å². The molecule has 1 unspecified atom stereocenters. The first-order valence-corrected chi connectivity index (χ1v) is 7.84. The highest BCUT2D eigenvalue weighted by molar-refractivity contribution is 8.00. The van der Waals surface area contributed by atoms with Crippen molar-refractivity contribution >= 4 is 29.3 Å². The molecule has 0 radical (unpaired) electrons. The van der Waals surface area contributed by atoms with Crippen LogP contribution in [0.3, 0.4) is 0 Å². The molecule has 2 aromatic carbocycles. The number of rotatable bonds is 3. The minimum absolute atomic E-state index is 0.00360. The Hall–Kier alpha value is -2.27. The number of carboxylic acid groups (broad SMARTS) is 1. The van der Waals surface area contributed by atoms with Crippen molar-refractivity contribution in [3.63, 3.8) is 0 Å². The van der Waals surface area contributed by atoms with Gasteiger partial charge in [-0.25, -0.2) is 4.79 Å². The second-order valence-corrected chi connectivity index (χ2v) is 6.50. The lowest BCUT2D eigenvalue weighted by Gasteiger charge is -2.32. The van der Waals surface area contributed by atoms with Gasteiger partial charge in [0, 0.05) is 4.90 Å². The van der Waals surface area contributed by atoms with Crippen molar-refractivity contribution in [1.29, 1.82) is 0 Å². The van der Waals surface area contributed by atoms with Crippen molar-refractivity contribution in [3.05, 3.63) is 59.7 Å². The number of hydrogen-bond acceptors (Lipinski definition) is 3. The molecule has 0 fully saturated rings. The second-order valence-electron chi connectivity index (χ2n) is 5.11. The SMILES string of the molecule is CC1Sc2ccccc2N(Cc2ccccc2C(=O)O)C1=O. The quantitative estimate of drug-likeness (QED) is 0.943.